The number of para-hydroxylation sites is 1. The highest BCUT2D eigenvalue weighted by atomic mass is 16.5. The topological polar surface area (TPSA) is 64.0 Å². The Bertz CT molecular complexity index is 817. The molecule has 3 heterocycles. The summed E-state index contributed by atoms with van der Waals surface area (Å²) < 4.78 is 7.81. The van der Waals surface area contributed by atoms with Crippen molar-refractivity contribution >= 4 is 5.82 Å². The zero-order valence-corrected chi connectivity index (χ0v) is 13.9. The molecular formula is C19H21N5O. The van der Waals surface area contributed by atoms with Gasteiger partial charge in [-0.15, -0.1) is 0 Å². The number of pyridine rings is 1. The van der Waals surface area contributed by atoms with Gasteiger partial charge in [0, 0.05) is 50.4 Å². The molecule has 1 aliphatic rings. The number of hydrogen-bond acceptors (Lipinski definition) is 5. The summed E-state index contributed by atoms with van der Waals surface area (Å²) in [6, 6.07) is 15.7. The van der Waals surface area contributed by atoms with E-state index in [1.807, 2.05) is 59.4 Å². The van der Waals surface area contributed by atoms with E-state index in [1.165, 1.54) is 0 Å². The van der Waals surface area contributed by atoms with Crippen LogP contribution in [0.4, 0.5) is 5.82 Å². The van der Waals surface area contributed by atoms with E-state index in [2.05, 4.69) is 20.7 Å². The summed E-state index contributed by atoms with van der Waals surface area (Å²) in [4.78, 5) is 4.28. The van der Waals surface area contributed by atoms with Crippen molar-refractivity contribution in [1.29, 1.82) is 0 Å². The smallest absolute Gasteiger partial charge is 0.219 e. The molecule has 0 amide bonds. The minimum Gasteiger partial charge on any atom is -0.439 e. The van der Waals surface area contributed by atoms with Crippen LogP contribution < -0.4 is 15.4 Å². The standard InChI is InChI=1S/C19H21N5O/c1-2-4-17(5-3-1)25-19-10-15(6-8-21-19)11-20-12-16-13-22-18-7-9-23-24(18)14-16/h1-10,16,20,22H,11-14H2/t16-/m1/s1. The third-order valence-electron chi connectivity index (χ3n) is 4.25. The van der Waals surface area contributed by atoms with Gasteiger partial charge in [0.15, 0.2) is 0 Å². The van der Waals surface area contributed by atoms with Crippen LogP contribution in [-0.2, 0) is 13.1 Å². The molecule has 0 unspecified atom stereocenters. The van der Waals surface area contributed by atoms with Crippen LogP contribution >= 0.6 is 0 Å². The summed E-state index contributed by atoms with van der Waals surface area (Å²) in [5, 5.41) is 11.3. The Balaban J connectivity index is 1.29. The quantitative estimate of drug-likeness (QED) is 0.725. The molecule has 1 aromatic carbocycles. The van der Waals surface area contributed by atoms with E-state index < -0.39 is 0 Å². The molecule has 2 aromatic heterocycles. The van der Waals surface area contributed by atoms with Crippen molar-refractivity contribution in [3.63, 3.8) is 0 Å². The van der Waals surface area contributed by atoms with Gasteiger partial charge in [0.2, 0.25) is 5.88 Å². The molecule has 2 N–H and O–H groups in total. The first kappa shape index (κ1) is 15.7. The third kappa shape index (κ3) is 3.97. The van der Waals surface area contributed by atoms with Crippen LogP contribution in [0.1, 0.15) is 5.56 Å². The van der Waals surface area contributed by atoms with Gasteiger partial charge in [-0.3, -0.25) is 0 Å². The minimum absolute atomic E-state index is 0.522. The van der Waals surface area contributed by atoms with Gasteiger partial charge in [0.05, 0.1) is 6.20 Å². The molecule has 1 atom stereocenters. The lowest BCUT2D eigenvalue weighted by molar-refractivity contribution is 0.391. The molecular weight excluding hydrogens is 314 g/mol. The average molecular weight is 335 g/mol. The fourth-order valence-corrected chi connectivity index (χ4v) is 2.97. The summed E-state index contributed by atoms with van der Waals surface area (Å²) in [6.45, 7) is 3.64. The predicted octanol–water partition coefficient (Wildman–Crippen LogP) is 2.90. The lowest BCUT2D eigenvalue weighted by Gasteiger charge is -2.25. The second kappa shape index (κ2) is 7.36. The average Bonchev–Trinajstić information content (AvgIpc) is 3.11. The number of anilines is 1. The maximum atomic E-state index is 5.79. The van der Waals surface area contributed by atoms with Gasteiger partial charge in [-0.2, -0.15) is 5.10 Å². The number of ether oxygens (including phenoxy) is 1. The first-order valence-electron chi connectivity index (χ1n) is 8.51. The molecule has 4 rings (SSSR count). The Morgan fingerprint density at radius 1 is 1.16 bits per heavy atom. The second-order valence-electron chi connectivity index (χ2n) is 6.19. The Kier molecular flexibility index (Phi) is 4.61. The predicted molar refractivity (Wildman–Crippen MR) is 96.7 cm³/mol. The molecule has 0 saturated carbocycles. The molecule has 1 aliphatic heterocycles. The highest BCUT2D eigenvalue weighted by Crippen LogP contribution is 2.19. The van der Waals surface area contributed by atoms with Gasteiger partial charge in [-0.25, -0.2) is 9.67 Å². The number of aromatic nitrogens is 3. The molecule has 128 valence electrons. The lowest BCUT2D eigenvalue weighted by atomic mass is 10.1. The molecule has 6 nitrogen and oxygen atoms in total. The van der Waals surface area contributed by atoms with E-state index in [1.54, 1.807) is 6.20 Å². The number of hydrogen-bond donors (Lipinski definition) is 2. The van der Waals surface area contributed by atoms with Crippen molar-refractivity contribution in [3.05, 3.63) is 66.5 Å². The van der Waals surface area contributed by atoms with Crippen LogP contribution in [-0.4, -0.2) is 27.9 Å². The summed E-state index contributed by atoms with van der Waals surface area (Å²) in [6.07, 6.45) is 3.62. The van der Waals surface area contributed by atoms with Crippen LogP contribution in [0.3, 0.4) is 0 Å². The Labute approximate surface area is 146 Å². The van der Waals surface area contributed by atoms with Crippen molar-refractivity contribution < 1.29 is 4.74 Å². The number of nitrogens with one attached hydrogen (secondary N) is 2. The van der Waals surface area contributed by atoms with E-state index in [9.17, 15) is 0 Å². The van der Waals surface area contributed by atoms with Crippen molar-refractivity contribution in [2.24, 2.45) is 5.92 Å². The van der Waals surface area contributed by atoms with Crippen LogP contribution in [0.25, 0.3) is 0 Å². The van der Waals surface area contributed by atoms with Crippen molar-refractivity contribution in [1.82, 2.24) is 20.1 Å². The molecule has 0 radical (unpaired) electrons. The highest BCUT2D eigenvalue weighted by Gasteiger charge is 2.17. The van der Waals surface area contributed by atoms with Crippen molar-refractivity contribution in [3.8, 4) is 11.6 Å². The number of fused-ring (bicyclic) bond motifs is 1. The van der Waals surface area contributed by atoms with Crippen LogP contribution in [0.5, 0.6) is 11.6 Å². The minimum atomic E-state index is 0.522. The number of nitrogens with zero attached hydrogens (tertiary/aromatic N) is 3. The van der Waals surface area contributed by atoms with E-state index in [-0.39, 0.29) is 0 Å². The maximum absolute atomic E-state index is 5.79. The Hall–Kier alpha value is -2.86. The molecule has 6 heteroatoms. The lowest BCUT2D eigenvalue weighted by Crippen LogP contribution is -2.35. The van der Waals surface area contributed by atoms with Gasteiger partial charge in [-0.1, -0.05) is 18.2 Å². The monoisotopic (exact) mass is 335 g/mol. The molecule has 0 bridgehead atoms. The fourth-order valence-electron chi connectivity index (χ4n) is 2.97. The van der Waals surface area contributed by atoms with E-state index >= 15 is 0 Å². The zero-order chi connectivity index (χ0) is 16.9. The van der Waals surface area contributed by atoms with Crippen LogP contribution in [0.2, 0.25) is 0 Å². The van der Waals surface area contributed by atoms with Crippen LogP contribution in [0.15, 0.2) is 60.9 Å². The van der Waals surface area contributed by atoms with Gasteiger partial charge in [0.1, 0.15) is 11.6 Å². The molecule has 3 aromatic rings. The fraction of sp³-hybridized carbons (Fsp3) is 0.263. The van der Waals surface area contributed by atoms with E-state index in [4.69, 9.17) is 4.74 Å². The van der Waals surface area contributed by atoms with Gasteiger partial charge >= 0.3 is 0 Å². The Morgan fingerprint density at radius 3 is 3.00 bits per heavy atom. The van der Waals surface area contributed by atoms with E-state index in [0.717, 1.165) is 43.3 Å². The number of rotatable bonds is 6. The molecule has 25 heavy (non-hydrogen) atoms. The summed E-state index contributed by atoms with van der Waals surface area (Å²) in [5.41, 5.74) is 1.16. The van der Waals surface area contributed by atoms with Crippen molar-refractivity contribution in [2.45, 2.75) is 13.1 Å². The molecule has 0 saturated heterocycles. The normalized spacial score (nSPS) is 16.1. The molecule has 0 fully saturated rings. The first-order valence-corrected chi connectivity index (χ1v) is 8.51. The summed E-state index contributed by atoms with van der Waals surface area (Å²) in [7, 11) is 0. The third-order valence-corrected chi connectivity index (χ3v) is 4.25. The highest BCUT2D eigenvalue weighted by molar-refractivity contribution is 5.35. The molecule has 0 aliphatic carbocycles. The maximum Gasteiger partial charge on any atom is 0.219 e. The molecule has 0 spiro atoms. The number of benzene rings is 1. The largest absolute Gasteiger partial charge is 0.439 e. The first-order chi connectivity index (χ1) is 12.4. The van der Waals surface area contributed by atoms with Gasteiger partial charge in [0.25, 0.3) is 0 Å². The van der Waals surface area contributed by atoms with Gasteiger partial charge in [-0.05, 0) is 23.8 Å². The van der Waals surface area contributed by atoms with E-state index in [0.29, 0.717) is 11.8 Å². The van der Waals surface area contributed by atoms with Crippen LogP contribution in [0, 0.1) is 5.92 Å². The second-order valence-corrected chi connectivity index (χ2v) is 6.19. The van der Waals surface area contributed by atoms with Crippen molar-refractivity contribution in [2.75, 3.05) is 18.4 Å². The van der Waals surface area contributed by atoms with Gasteiger partial charge < -0.3 is 15.4 Å². The zero-order valence-electron chi connectivity index (χ0n) is 13.9. The summed E-state index contributed by atoms with van der Waals surface area (Å²) in [5.74, 6) is 3.04. The Morgan fingerprint density at radius 2 is 2.08 bits per heavy atom. The SMILES string of the molecule is c1ccc(Oc2cc(CNC[C@@H]3CNc4ccnn4C3)ccn2)cc1. The summed E-state index contributed by atoms with van der Waals surface area (Å²) >= 11 is 0.